The van der Waals surface area contributed by atoms with Crippen molar-refractivity contribution in [3.8, 4) is 17.0 Å². The molecule has 0 bridgehead atoms. The normalized spacial score (nSPS) is 18.7. The molecule has 1 aromatic heterocycles. The number of benzene rings is 2. The number of ether oxygens (including phenoxy) is 2. The molecule has 0 unspecified atom stereocenters. The van der Waals surface area contributed by atoms with E-state index < -0.39 is 28.1 Å². The van der Waals surface area contributed by atoms with Crippen molar-refractivity contribution in [2.24, 2.45) is 0 Å². The SMILES string of the molecule is COc1ccc(-c2cc(COC(=O)[C@@H]3C[C@@H](O)CN3S(=O)(=O)c3ccc(C)c(C)c3)on2)cc1. The molecule has 1 saturated heterocycles. The van der Waals surface area contributed by atoms with E-state index in [-0.39, 0.29) is 24.5 Å². The molecule has 1 aliphatic rings. The number of esters is 1. The smallest absolute Gasteiger partial charge is 0.325 e. The summed E-state index contributed by atoms with van der Waals surface area (Å²) in [6.07, 6.45) is -1.01. The topological polar surface area (TPSA) is 119 Å². The van der Waals surface area contributed by atoms with Crippen LogP contribution in [0.2, 0.25) is 0 Å². The van der Waals surface area contributed by atoms with Crippen LogP contribution in [-0.4, -0.2) is 54.8 Å². The van der Waals surface area contributed by atoms with Crippen molar-refractivity contribution in [3.05, 3.63) is 65.4 Å². The molecular formula is C24H26N2O7S. The molecule has 2 aromatic carbocycles. The lowest BCUT2D eigenvalue weighted by Crippen LogP contribution is -2.41. The van der Waals surface area contributed by atoms with Gasteiger partial charge in [-0.3, -0.25) is 4.79 Å². The summed E-state index contributed by atoms with van der Waals surface area (Å²) < 4.78 is 43.2. The van der Waals surface area contributed by atoms with E-state index in [1.54, 1.807) is 37.4 Å². The van der Waals surface area contributed by atoms with Crippen molar-refractivity contribution >= 4 is 16.0 Å². The quantitative estimate of drug-likeness (QED) is 0.507. The fourth-order valence-electron chi connectivity index (χ4n) is 3.79. The van der Waals surface area contributed by atoms with Gasteiger partial charge in [-0.2, -0.15) is 4.31 Å². The molecule has 1 fully saturated rings. The Morgan fingerprint density at radius 3 is 2.56 bits per heavy atom. The number of β-amino-alcohol motifs (C(OH)–C–C–N with tert-alkyl or cyclic N) is 1. The first-order chi connectivity index (χ1) is 16.2. The first kappa shape index (κ1) is 23.9. The molecule has 0 spiro atoms. The molecule has 4 rings (SSSR count). The van der Waals surface area contributed by atoms with E-state index in [9.17, 15) is 18.3 Å². The van der Waals surface area contributed by atoms with E-state index in [1.165, 1.54) is 6.07 Å². The molecule has 2 atom stereocenters. The van der Waals surface area contributed by atoms with Gasteiger partial charge in [0.25, 0.3) is 0 Å². The Kier molecular flexibility index (Phi) is 6.74. The third kappa shape index (κ3) is 4.84. The second-order valence-corrected chi connectivity index (χ2v) is 10.1. The zero-order valence-corrected chi connectivity index (χ0v) is 19.9. The third-order valence-corrected chi connectivity index (χ3v) is 7.76. The minimum Gasteiger partial charge on any atom is -0.497 e. The van der Waals surface area contributed by atoms with E-state index >= 15 is 0 Å². The van der Waals surface area contributed by atoms with Gasteiger partial charge < -0.3 is 19.1 Å². The number of carbonyl (C=O) groups excluding carboxylic acids is 1. The largest absolute Gasteiger partial charge is 0.497 e. The van der Waals surface area contributed by atoms with Crippen LogP contribution in [0.5, 0.6) is 5.75 Å². The summed E-state index contributed by atoms with van der Waals surface area (Å²) in [6.45, 7) is 3.30. The van der Waals surface area contributed by atoms with Gasteiger partial charge in [0.15, 0.2) is 12.4 Å². The maximum absolute atomic E-state index is 13.2. The number of aryl methyl sites for hydroxylation is 2. The molecule has 2 heterocycles. The van der Waals surface area contributed by atoms with Gasteiger partial charge >= 0.3 is 5.97 Å². The number of methoxy groups -OCH3 is 1. The molecule has 0 saturated carbocycles. The number of hydrogen-bond acceptors (Lipinski definition) is 8. The summed E-state index contributed by atoms with van der Waals surface area (Å²) in [5, 5.41) is 14.1. The molecule has 0 radical (unpaired) electrons. The van der Waals surface area contributed by atoms with Crippen molar-refractivity contribution in [3.63, 3.8) is 0 Å². The van der Waals surface area contributed by atoms with E-state index in [0.29, 0.717) is 17.2 Å². The first-order valence-electron chi connectivity index (χ1n) is 10.7. The van der Waals surface area contributed by atoms with Crippen LogP contribution in [0.25, 0.3) is 11.3 Å². The van der Waals surface area contributed by atoms with Crippen molar-refractivity contribution in [2.45, 2.75) is 43.9 Å². The predicted molar refractivity (Wildman–Crippen MR) is 123 cm³/mol. The maximum Gasteiger partial charge on any atom is 0.325 e. The van der Waals surface area contributed by atoms with Crippen molar-refractivity contribution in [1.82, 2.24) is 9.46 Å². The van der Waals surface area contributed by atoms with Gasteiger partial charge in [0.2, 0.25) is 10.0 Å². The van der Waals surface area contributed by atoms with Crippen LogP contribution in [0, 0.1) is 13.8 Å². The van der Waals surface area contributed by atoms with Gasteiger partial charge in [-0.25, -0.2) is 8.42 Å². The molecule has 0 aliphatic carbocycles. The summed E-state index contributed by atoms with van der Waals surface area (Å²) in [6, 6.07) is 12.5. The monoisotopic (exact) mass is 486 g/mol. The van der Waals surface area contributed by atoms with Crippen LogP contribution >= 0.6 is 0 Å². The second kappa shape index (κ2) is 9.57. The zero-order chi connectivity index (χ0) is 24.5. The first-order valence-corrected chi connectivity index (χ1v) is 12.2. The molecule has 1 N–H and O–H groups in total. The Balaban J connectivity index is 1.45. The Morgan fingerprint density at radius 2 is 1.88 bits per heavy atom. The minimum atomic E-state index is -4.00. The van der Waals surface area contributed by atoms with Crippen LogP contribution in [-0.2, 0) is 26.2 Å². The molecule has 34 heavy (non-hydrogen) atoms. The van der Waals surface area contributed by atoms with Crippen LogP contribution in [0.4, 0.5) is 0 Å². The summed E-state index contributed by atoms with van der Waals surface area (Å²) in [4.78, 5) is 12.9. The average Bonchev–Trinajstić information content (AvgIpc) is 3.46. The molecule has 9 nitrogen and oxygen atoms in total. The lowest BCUT2D eigenvalue weighted by molar-refractivity contribution is -0.149. The van der Waals surface area contributed by atoms with E-state index in [1.807, 2.05) is 26.0 Å². The zero-order valence-electron chi connectivity index (χ0n) is 19.1. The highest BCUT2D eigenvalue weighted by atomic mass is 32.2. The maximum atomic E-state index is 13.2. The van der Waals surface area contributed by atoms with E-state index in [4.69, 9.17) is 14.0 Å². The Labute approximate surface area is 197 Å². The van der Waals surface area contributed by atoms with Gasteiger partial charge in [-0.1, -0.05) is 11.2 Å². The predicted octanol–water partition coefficient (Wildman–Crippen LogP) is 2.83. The minimum absolute atomic E-state index is 0.0452. The molecule has 0 amide bonds. The second-order valence-electron chi connectivity index (χ2n) is 8.24. The van der Waals surface area contributed by atoms with Crippen LogP contribution in [0.15, 0.2) is 57.9 Å². The van der Waals surface area contributed by atoms with Gasteiger partial charge in [-0.15, -0.1) is 0 Å². The van der Waals surface area contributed by atoms with Gasteiger partial charge in [0.05, 0.1) is 18.1 Å². The number of sulfonamides is 1. The summed E-state index contributed by atoms with van der Waals surface area (Å²) in [5.74, 6) is 0.257. The van der Waals surface area contributed by atoms with E-state index in [0.717, 1.165) is 21.0 Å². The average molecular weight is 487 g/mol. The van der Waals surface area contributed by atoms with Crippen LogP contribution < -0.4 is 4.74 Å². The Bertz CT molecular complexity index is 1280. The highest BCUT2D eigenvalue weighted by Crippen LogP contribution is 2.29. The summed E-state index contributed by atoms with van der Waals surface area (Å²) >= 11 is 0. The summed E-state index contributed by atoms with van der Waals surface area (Å²) in [7, 11) is -2.42. The number of aliphatic hydroxyl groups is 1. The molecular weight excluding hydrogens is 460 g/mol. The third-order valence-electron chi connectivity index (χ3n) is 5.89. The summed E-state index contributed by atoms with van der Waals surface area (Å²) in [5.41, 5.74) is 3.13. The highest BCUT2D eigenvalue weighted by Gasteiger charge is 2.44. The molecule has 10 heteroatoms. The van der Waals surface area contributed by atoms with Crippen LogP contribution in [0.3, 0.4) is 0 Å². The number of aromatic nitrogens is 1. The number of hydrogen-bond donors (Lipinski definition) is 1. The van der Waals surface area contributed by atoms with Crippen molar-refractivity contribution in [1.29, 1.82) is 0 Å². The number of carbonyl (C=O) groups is 1. The highest BCUT2D eigenvalue weighted by molar-refractivity contribution is 7.89. The number of rotatable bonds is 7. The van der Waals surface area contributed by atoms with Gasteiger partial charge in [-0.05, 0) is 61.4 Å². The number of nitrogens with zero attached hydrogens (tertiary/aromatic N) is 2. The van der Waals surface area contributed by atoms with Gasteiger partial charge in [0.1, 0.15) is 17.5 Å². The Hall–Kier alpha value is -3.21. The van der Waals surface area contributed by atoms with Crippen molar-refractivity contribution < 1.29 is 32.3 Å². The fourth-order valence-corrected chi connectivity index (χ4v) is 5.50. The Morgan fingerprint density at radius 1 is 1.15 bits per heavy atom. The van der Waals surface area contributed by atoms with E-state index in [2.05, 4.69) is 5.16 Å². The van der Waals surface area contributed by atoms with Crippen LogP contribution in [0.1, 0.15) is 23.3 Å². The molecule has 180 valence electrons. The standard InChI is InChI=1S/C24H26N2O7S/c1-15-4-9-21(10-16(15)2)34(29,30)26-13-18(27)11-23(26)24(28)32-14-20-12-22(25-33-20)17-5-7-19(31-3)8-6-17/h4-10,12,18,23,27H,11,13-14H2,1-3H3/t18-,23+/m1/s1. The van der Waals surface area contributed by atoms with Crippen molar-refractivity contribution in [2.75, 3.05) is 13.7 Å². The lowest BCUT2D eigenvalue weighted by Gasteiger charge is -2.22. The lowest BCUT2D eigenvalue weighted by atomic mass is 10.1. The molecule has 3 aromatic rings. The molecule has 1 aliphatic heterocycles. The fraction of sp³-hybridized carbons (Fsp3) is 0.333. The number of aliphatic hydroxyl groups excluding tert-OH is 1. The van der Waals surface area contributed by atoms with Gasteiger partial charge in [0, 0.05) is 24.6 Å².